The van der Waals surface area contributed by atoms with E-state index in [0.717, 1.165) is 5.01 Å². The fourth-order valence-corrected chi connectivity index (χ4v) is 2.40. The Morgan fingerprint density at radius 2 is 2.19 bits per heavy atom. The molecule has 21 heavy (non-hydrogen) atoms. The number of carbonyl (C=O) groups is 2. The summed E-state index contributed by atoms with van der Waals surface area (Å²) in [6, 6.07) is 4.43. The molecule has 2 rings (SSSR count). The quantitative estimate of drug-likeness (QED) is 0.654. The van der Waals surface area contributed by atoms with Crippen LogP contribution in [0, 0.1) is 10.1 Å². The lowest BCUT2D eigenvalue weighted by Crippen LogP contribution is -2.33. The van der Waals surface area contributed by atoms with Crippen molar-refractivity contribution in [2.45, 2.75) is 19.4 Å². The van der Waals surface area contributed by atoms with Gasteiger partial charge in [0.05, 0.1) is 11.5 Å². The first kappa shape index (κ1) is 15.1. The molecule has 0 saturated heterocycles. The van der Waals surface area contributed by atoms with Gasteiger partial charge in [-0.15, -0.1) is 0 Å². The van der Waals surface area contributed by atoms with Crippen molar-refractivity contribution in [3.8, 4) is 0 Å². The normalized spacial score (nSPS) is 14.8. The average Bonchev–Trinajstić information content (AvgIpc) is 2.42. The first-order chi connectivity index (χ1) is 9.90. The zero-order valence-corrected chi connectivity index (χ0v) is 12.2. The van der Waals surface area contributed by atoms with Crippen LogP contribution in [0.5, 0.6) is 0 Å². The van der Waals surface area contributed by atoms with E-state index in [4.69, 9.17) is 5.11 Å². The number of nitrogens with zero attached hydrogens (tertiary/aromatic N) is 3. The number of aliphatic carboxylic acids is 1. The van der Waals surface area contributed by atoms with Crippen molar-refractivity contribution in [1.29, 1.82) is 0 Å². The van der Waals surface area contributed by atoms with Gasteiger partial charge in [-0.3, -0.25) is 14.9 Å². The molecule has 1 N–H and O–H groups in total. The number of benzene rings is 1. The number of hydrogen-bond donors (Lipinski definition) is 1. The molecule has 0 radical (unpaired) electrons. The van der Waals surface area contributed by atoms with Gasteiger partial charge in [0.2, 0.25) is 5.91 Å². The number of carbonyl (C=O) groups excluding carboxylic acids is 1. The lowest BCUT2D eigenvalue weighted by Gasteiger charge is -2.22. The van der Waals surface area contributed by atoms with E-state index in [9.17, 15) is 19.7 Å². The summed E-state index contributed by atoms with van der Waals surface area (Å²) in [5.74, 6) is -1.50. The molecule has 0 aliphatic carbocycles. The predicted octanol–water partition coefficient (Wildman–Crippen LogP) is 1.92. The van der Waals surface area contributed by atoms with Crippen molar-refractivity contribution in [3.05, 3.63) is 38.3 Å². The highest BCUT2D eigenvalue weighted by atomic mass is 79.9. The largest absolute Gasteiger partial charge is 0.477 e. The second-order valence-electron chi connectivity index (χ2n) is 4.31. The van der Waals surface area contributed by atoms with Gasteiger partial charge in [-0.05, 0) is 21.5 Å². The van der Waals surface area contributed by atoms with Crippen LogP contribution in [0.15, 0.2) is 27.8 Å². The fraction of sp³-hybridized carbons (Fsp3) is 0.250. The van der Waals surface area contributed by atoms with Gasteiger partial charge in [-0.1, -0.05) is 12.1 Å². The summed E-state index contributed by atoms with van der Waals surface area (Å²) < 4.78 is 0.250. The number of hydrogen-bond acceptors (Lipinski definition) is 5. The molecule has 9 heteroatoms. The highest BCUT2D eigenvalue weighted by Gasteiger charge is 2.25. The number of amides is 1. The highest BCUT2D eigenvalue weighted by molar-refractivity contribution is 9.10. The molecule has 1 aliphatic heterocycles. The molecule has 1 heterocycles. The van der Waals surface area contributed by atoms with Crippen LogP contribution in [-0.2, 0) is 16.1 Å². The van der Waals surface area contributed by atoms with E-state index >= 15 is 0 Å². The highest BCUT2D eigenvalue weighted by Crippen LogP contribution is 2.29. The molecule has 0 saturated carbocycles. The van der Waals surface area contributed by atoms with E-state index in [0.29, 0.717) is 5.56 Å². The summed E-state index contributed by atoms with van der Waals surface area (Å²) in [5, 5.41) is 24.6. The third-order valence-corrected chi connectivity index (χ3v) is 3.84. The Balaban J connectivity index is 2.31. The summed E-state index contributed by atoms with van der Waals surface area (Å²) in [4.78, 5) is 33.0. The molecule has 1 aliphatic rings. The third kappa shape index (κ3) is 3.24. The van der Waals surface area contributed by atoms with Gasteiger partial charge in [-0.2, -0.15) is 5.10 Å². The fourth-order valence-electron chi connectivity index (χ4n) is 1.87. The minimum atomic E-state index is -1.18. The van der Waals surface area contributed by atoms with Crippen LogP contribution in [-0.4, -0.2) is 32.6 Å². The Hall–Kier alpha value is -2.29. The van der Waals surface area contributed by atoms with Gasteiger partial charge in [0.15, 0.2) is 0 Å². The number of carboxylic acid groups (broad SMARTS) is 1. The van der Waals surface area contributed by atoms with Crippen molar-refractivity contribution in [3.63, 3.8) is 0 Å². The Labute approximate surface area is 127 Å². The molecule has 1 aromatic rings. The molecule has 0 bridgehead atoms. The number of halogens is 1. The topological polar surface area (TPSA) is 113 Å². The van der Waals surface area contributed by atoms with Crippen molar-refractivity contribution < 1.29 is 19.6 Å². The lowest BCUT2D eigenvalue weighted by molar-refractivity contribution is -0.385. The van der Waals surface area contributed by atoms with Gasteiger partial charge in [-0.25, -0.2) is 9.80 Å². The van der Waals surface area contributed by atoms with Gasteiger partial charge >= 0.3 is 5.97 Å². The second kappa shape index (κ2) is 6.00. The molecular weight excluding hydrogens is 346 g/mol. The minimum Gasteiger partial charge on any atom is -0.477 e. The van der Waals surface area contributed by atoms with Crippen LogP contribution in [0.4, 0.5) is 5.69 Å². The molecule has 0 spiro atoms. The molecule has 0 aromatic heterocycles. The smallest absolute Gasteiger partial charge is 0.352 e. The van der Waals surface area contributed by atoms with E-state index in [1.807, 2.05) is 0 Å². The Morgan fingerprint density at radius 1 is 1.48 bits per heavy atom. The summed E-state index contributed by atoms with van der Waals surface area (Å²) in [5.41, 5.74) is 0.253. The van der Waals surface area contributed by atoms with E-state index in [2.05, 4.69) is 21.0 Å². The SMILES string of the molecule is O=C(O)C1=NN(Cc2cccc([N+](=O)[O-])c2Br)C(=O)CC1. The lowest BCUT2D eigenvalue weighted by atomic mass is 10.1. The minimum absolute atomic E-state index is 0.0299. The van der Waals surface area contributed by atoms with Crippen LogP contribution < -0.4 is 0 Å². The molecule has 1 amide bonds. The van der Waals surface area contributed by atoms with Gasteiger partial charge in [0.25, 0.3) is 5.69 Å². The van der Waals surface area contributed by atoms with Crippen LogP contribution in [0.3, 0.4) is 0 Å². The molecule has 110 valence electrons. The van der Waals surface area contributed by atoms with Crippen LogP contribution in [0.2, 0.25) is 0 Å². The molecule has 0 unspecified atom stereocenters. The second-order valence-corrected chi connectivity index (χ2v) is 5.10. The van der Waals surface area contributed by atoms with Crippen molar-refractivity contribution in [2.24, 2.45) is 5.10 Å². The van der Waals surface area contributed by atoms with Crippen molar-refractivity contribution >= 4 is 39.2 Å². The number of nitro groups is 1. The standard InChI is InChI=1S/C12H10BrN3O5/c13-11-7(2-1-3-9(11)16(20)21)6-15-10(17)5-4-8(14-15)12(18)19/h1-3H,4-6H2,(H,18,19). The number of rotatable bonds is 4. The Morgan fingerprint density at radius 3 is 2.81 bits per heavy atom. The van der Waals surface area contributed by atoms with Crippen molar-refractivity contribution in [1.82, 2.24) is 5.01 Å². The molecular formula is C12H10BrN3O5. The number of nitro benzene ring substituents is 1. The zero-order valence-electron chi connectivity index (χ0n) is 10.7. The third-order valence-electron chi connectivity index (χ3n) is 2.93. The Kier molecular flexibility index (Phi) is 4.32. The first-order valence-electron chi connectivity index (χ1n) is 5.93. The van der Waals surface area contributed by atoms with Gasteiger partial charge in [0.1, 0.15) is 10.2 Å². The average molecular weight is 356 g/mol. The van der Waals surface area contributed by atoms with E-state index in [-0.39, 0.29) is 41.2 Å². The monoisotopic (exact) mass is 355 g/mol. The maximum atomic E-state index is 11.8. The van der Waals surface area contributed by atoms with Gasteiger partial charge in [0, 0.05) is 18.9 Å². The van der Waals surface area contributed by atoms with E-state index < -0.39 is 10.9 Å². The molecule has 1 aromatic carbocycles. The summed E-state index contributed by atoms with van der Waals surface area (Å²) in [6.45, 7) is -0.0299. The Bertz CT molecular complexity index is 658. The molecule has 0 fully saturated rings. The molecule has 8 nitrogen and oxygen atoms in total. The number of carboxylic acids is 1. The summed E-state index contributed by atoms with van der Waals surface area (Å²) >= 11 is 3.13. The van der Waals surface area contributed by atoms with E-state index in [1.54, 1.807) is 6.07 Å². The maximum Gasteiger partial charge on any atom is 0.352 e. The zero-order chi connectivity index (χ0) is 15.6. The van der Waals surface area contributed by atoms with Crippen LogP contribution >= 0.6 is 15.9 Å². The van der Waals surface area contributed by atoms with Crippen LogP contribution in [0.1, 0.15) is 18.4 Å². The summed E-state index contributed by atoms with van der Waals surface area (Å²) in [6.07, 6.45) is 0.137. The first-order valence-corrected chi connectivity index (χ1v) is 6.72. The van der Waals surface area contributed by atoms with Crippen LogP contribution in [0.25, 0.3) is 0 Å². The maximum absolute atomic E-state index is 11.8. The van der Waals surface area contributed by atoms with Crippen molar-refractivity contribution in [2.75, 3.05) is 0 Å². The van der Waals surface area contributed by atoms with Gasteiger partial charge < -0.3 is 5.11 Å². The van der Waals surface area contributed by atoms with E-state index in [1.165, 1.54) is 12.1 Å². The molecule has 0 atom stereocenters. The summed E-state index contributed by atoms with van der Waals surface area (Å²) in [7, 11) is 0. The predicted molar refractivity (Wildman–Crippen MR) is 75.7 cm³/mol. The number of hydrazone groups is 1.